The van der Waals surface area contributed by atoms with Gasteiger partial charge in [-0.3, -0.25) is 14.3 Å². The molecule has 216 valence electrons. The van der Waals surface area contributed by atoms with Gasteiger partial charge in [0.1, 0.15) is 28.8 Å². The van der Waals surface area contributed by atoms with Crippen molar-refractivity contribution in [2.45, 2.75) is 20.3 Å². The maximum absolute atomic E-state index is 13.4. The van der Waals surface area contributed by atoms with E-state index < -0.39 is 11.5 Å². The third-order valence-electron chi connectivity index (χ3n) is 6.89. The number of nitriles is 1. The van der Waals surface area contributed by atoms with E-state index in [4.69, 9.17) is 21.4 Å². The van der Waals surface area contributed by atoms with Crippen LogP contribution in [0.25, 0.3) is 28.7 Å². The monoisotopic (exact) mass is 592 g/mol. The number of benzene rings is 3. The Morgan fingerprint density at radius 3 is 2.37 bits per heavy atom. The van der Waals surface area contributed by atoms with Crippen LogP contribution in [0.3, 0.4) is 0 Å². The number of anilines is 1. The molecule has 0 radical (unpaired) electrons. The summed E-state index contributed by atoms with van der Waals surface area (Å²) >= 11 is 6.53. The molecule has 0 saturated heterocycles. The highest BCUT2D eigenvalue weighted by Gasteiger charge is 2.21. The molecule has 0 aliphatic heterocycles. The van der Waals surface area contributed by atoms with Gasteiger partial charge in [0.15, 0.2) is 0 Å². The molecule has 0 atom stereocenters. The number of ether oxygens (including phenoxy) is 1. The molecule has 2 aromatic heterocycles. The fourth-order valence-corrected chi connectivity index (χ4v) is 4.84. The van der Waals surface area contributed by atoms with Crippen LogP contribution >= 0.6 is 11.6 Å². The first-order valence-corrected chi connectivity index (χ1v) is 14.0. The number of rotatable bonds is 9. The van der Waals surface area contributed by atoms with Crippen molar-refractivity contribution in [3.63, 3.8) is 0 Å². The lowest BCUT2D eigenvalue weighted by Crippen LogP contribution is -2.23. The summed E-state index contributed by atoms with van der Waals surface area (Å²) in [5.74, 6) is -0.156. The van der Waals surface area contributed by atoms with Crippen LogP contribution in [0.1, 0.15) is 24.6 Å². The van der Waals surface area contributed by atoms with E-state index in [-0.39, 0.29) is 11.3 Å². The topological polar surface area (TPSA) is 107 Å². The summed E-state index contributed by atoms with van der Waals surface area (Å²) in [7, 11) is 1.73. The van der Waals surface area contributed by atoms with Gasteiger partial charge in [0.05, 0.1) is 28.7 Å². The third-order valence-corrected chi connectivity index (χ3v) is 7.18. The lowest BCUT2D eigenvalue weighted by Gasteiger charge is -2.08. The van der Waals surface area contributed by atoms with Crippen LogP contribution in [-0.2, 0) is 11.8 Å². The van der Waals surface area contributed by atoms with Crippen LogP contribution < -0.4 is 15.6 Å². The van der Waals surface area contributed by atoms with Gasteiger partial charge in [0, 0.05) is 24.4 Å². The molecule has 0 fully saturated rings. The second-order valence-electron chi connectivity index (χ2n) is 9.77. The second-order valence-corrected chi connectivity index (χ2v) is 10.2. The summed E-state index contributed by atoms with van der Waals surface area (Å²) in [6.45, 7) is 4.28. The molecule has 10 heteroatoms. The number of nitrogens with one attached hydrogen (secondary N) is 1. The quantitative estimate of drug-likeness (QED) is 0.159. The van der Waals surface area contributed by atoms with Crippen molar-refractivity contribution in [2.75, 3.05) is 11.9 Å². The van der Waals surface area contributed by atoms with E-state index in [1.807, 2.05) is 67.6 Å². The zero-order valence-electron chi connectivity index (χ0n) is 23.9. The fourth-order valence-electron chi connectivity index (χ4n) is 4.60. The minimum absolute atomic E-state index is 0.0900. The normalized spacial score (nSPS) is 11.3. The molecule has 2 heterocycles. The van der Waals surface area contributed by atoms with Crippen LogP contribution in [0, 0.1) is 18.3 Å². The molecular weight excluding hydrogens is 564 g/mol. The van der Waals surface area contributed by atoms with Crippen molar-refractivity contribution in [3.8, 4) is 34.5 Å². The third kappa shape index (κ3) is 6.01. The number of hydrogen-bond acceptors (Lipinski definition) is 5. The van der Waals surface area contributed by atoms with Gasteiger partial charge < -0.3 is 10.1 Å². The van der Waals surface area contributed by atoms with Crippen molar-refractivity contribution < 1.29 is 9.53 Å². The number of carbonyl (C=O) groups excluding carboxylic acids is 1. The first-order valence-electron chi connectivity index (χ1n) is 13.7. The summed E-state index contributed by atoms with van der Waals surface area (Å²) in [5.41, 5.74) is 3.17. The Hall–Kier alpha value is -5.33. The van der Waals surface area contributed by atoms with Crippen LogP contribution in [-0.4, -0.2) is 31.7 Å². The maximum Gasteiger partial charge on any atom is 0.295 e. The number of nitrogens with zero attached hydrogens (tertiary/aromatic N) is 5. The number of aromatic nitrogens is 4. The number of hydrogen-bond donors (Lipinski definition) is 1. The number of amides is 1. The highest BCUT2D eigenvalue weighted by Crippen LogP contribution is 2.33. The van der Waals surface area contributed by atoms with Gasteiger partial charge in [0.2, 0.25) is 0 Å². The Morgan fingerprint density at radius 2 is 1.74 bits per heavy atom. The van der Waals surface area contributed by atoms with Gasteiger partial charge in [-0.15, -0.1) is 0 Å². The summed E-state index contributed by atoms with van der Waals surface area (Å²) < 4.78 is 10.5. The molecule has 1 N–H and O–H groups in total. The standard InChI is InChI=1S/C33H29ClN6O3/c1-4-17-43-29-16-15-23(19-28(29)34)31-25(21-39(37-31)26-11-7-5-8-12-26)18-24(20-35)32(41)36-30-22(2)38(3)40(33(30)42)27-13-9-6-10-14-27/h5-16,18-19,21H,4,17H2,1-3H3,(H,36,41). The van der Waals surface area contributed by atoms with E-state index >= 15 is 0 Å². The minimum atomic E-state index is -0.715. The predicted octanol–water partition coefficient (Wildman–Crippen LogP) is 6.33. The number of halogens is 1. The van der Waals surface area contributed by atoms with Crippen molar-refractivity contribution in [1.29, 1.82) is 5.26 Å². The zero-order valence-corrected chi connectivity index (χ0v) is 24.7. The largest absolute Gasteiger partial charge is 0.492 e. The van der Waals surface area contributed by atoms with Gasteiger partial charge >= 0.3 is 0 Å². The molecule has 43 heavy (non-hydrogen) atoms. The fraction of sp³-hybridized carbons (Fsp3) is 0.152. The van der Waals surface area contributed by atoms with Gasteiger partial charge in [0.25, 0.3) is 11.5 Å². The summed E-state index contributed by atoms with van der Waals surface area (Å²) in [6.07, 6.45) is 4.04. The molecule has 0 bridgehead atoms. The SMILES string of the molecule is CCCOc1ccc(-c2nn(-c3ccccc3)cc2C=C(C#N)C(=O)Nc2c(C)n(C)n(-c3ccccc3)c2=O)cc1Cl. The highest BCUT2D eigenvalue weighted by molar-refractivity contribution is 6.32. The highest BCUT2D eigenvalue weighted by atomic mass is 35.5. The average molecular weight is 593 g/mol. The predicted molar refractivity (Wildman–Crippen MR) is 168 cm³/mol. The van der Waals surface area contributed by atoms with Crippen molar-refractivity contribution in [3.05, 3.63) is 117 Å². The molecule has 0 spiro atoms. The van der Waals surface area contributed by atoms with Crippen molar-refractivity contribution in [1.82, 2.24) is 19.1 Å². The molecule has 1 amide bonds. The summed E-state index contributed by atoms with van der Waals surface area (Å²) in [4.78, 5) is 26.7. The van der Waals surface area contributed by atoms with Crippen LogP contribution in [0.5, 0.6) is 5.75 Å². The van der Waals surface area contributed by atoms with E-state index in [1.165, 1.54) is 10.8 Å². The summed E-state index contributed by atoms with van der Waals surface area (Å²) in [6, 6.07) is 25.9. The molecule has 5 aromatic rings. The molecule has 0 saturated carbocycles. The summed E-state index contributed by atoms with van der Waals surface area (Å²) in [5, 5.41) is 17.9. The van der Waals surface area contributed by atoms with Crippen molar-refractivity contribution in [2.24, 2.45) is 7.05 Å². The number of para-hydroxylation sites is 2. The van der Waals surface area contributed by atoms with Crippen LogP contribution in [0.15, 0.2) is 95.4 Å². The van der Waals surface area contributed by atoms with Gasteiger partial charge in [-0.25, -0.2) is 9.36 Å². The second kappa shape index (κ2) is 12.7. The smallest absolute Gasteiger partial charge is 0.295 e. The molecular formula is C33H29ClN6O3. The lowest BCUT2D eigenvalue weighted by molar-refractivity contribution is -0.112. The van der Waals surface area contributed by atoms with E-state index in [0.29, 0.717) is 45.6 Å². The Morgan fingerprint density at radius 1 is 1.07 bits per heavy atom. The molecule has 3 aromatic carbocycles. The van der Waals surface area contributed by atoms with E-state index in [2.05, 4.69) is 5.32 Å². The molecule has 0 unspecified atom stereocenters. The zero-order chi connectivity index (χ0) is 30.5. The first-order chi connectivity index (χ1) is 20.8. The van der Waals surface area contributed by atoms with Gasteiger partial charge in [-0.05, 0) is 61.9 Å². The lowest BCUT2D eigenvalue weighted by atomic mass is 10.1. The number of carbonyl (C=O) groups is 1. The van der Waals surface area contributed by atoms with Gasteiger partial charge in [-0.1, -0.05) is 54.9 Å². The Kier molecular flexibility index (Phi) is 8.60. The van der Waals surface area contributed by atoms with E-state index in [9.17, 15) is 14.9 Å². The van der Waals surface area contributed by atoms with Crippen LogP contribution in [0.4, 0.5) is 5.69 Å². The van der Waals surface area contributed by atoms with E-state index in [1.54, 1.807) is 53.8 Å². The minimum Gasteiger partial charge on any atom is -0.492 e. The first kappa shape index (κ1) is 29.2. The Labute approximate surface area is 253 Å². The van der Waals surface area contributed by atoms with Crippen LogP contribution in [0.2, 0.25) is 5.02 Å². The Balaban J connectivity index is 1.54. The van der Waals surface area contributed by atoms with Crippen molar-refractivity contribution >= 4 is 29.3 Å². The molecule has 9 nitrogen and oxygen atoms in total. The average Bonchev–Trinajstić information content (AvgIpc) is 3.54. The molecule has 0 aliphatic carbocycles. The van der Waals surface area contributed by atoms with Gasteiger partial charge in [-0.2, -0.15) is 10.4 Å². The Bertz CT molecular complexity index is 1910. The molecule has 5 rings (SSSR count). The maximum atomic E-state index is 13.4. The van der Waals surface area contributed by atoms with E-state index in [0.717, 1.165) is 12.1 Å². The molecule has 0 aliphatic rings.